The van der Waals surface area contributed by atoms with Gasteiger partial charge in [-0.15, -0.1) is 0 Å². The molecule has 1 rings (SSSR count). The topological polar surface area (TPSA) is 36.4 Å². The van der Waals surface area contributed by atoms with Gasteiger partial charge in [-0.3, -0.25) is 0 Å². The van der Waals surface area contributed by atoms with Gasteiger partial charge >= 0.3 is 0 Å². The zero-order valence-electron chi connectivity index (χ0n) is 8.74. The second kappa shape index (κ2) is 5.28. The number of pyridine rings is 1. The van der Waals surface area contributed by atoms with Gasteiger partial charge in [0.2, 0.25) is 0 Å². The predicted octanol–water partition coefficient (Wildman–Crippen LogP) is 2.08. The SMILES string of the molecule is CC(C)N(CCO)c1ncc(Cl)cc1F. The van der Waals surface area contributed by atoms with E-state index in [2.05, 4.69) is 4.98 Å². The summed E-state index contributed by atoms with van der Waals surface area (Å²) in [7, 11) is 0. The summed E-state index contributed by atoms with van der Waals surface area (Å²) in [5, 5.41) is 9.14. The lowest BCUT2D eigenvalue weighted by Gasteiger charge is -2.27. The summed E-state index contributed by atoms with van der Waals surface area (Å²) in [4.78, 5) is 5.61. The Morgan fingerprint density at radius 2 is 2.27 bits per heavy atom. The van der Waals surface area contributed by atoms with Crippen LogP contribution in [0.1, 0.15) is 13.8 Å². The minimum atomic E-state index is -0.468. The predicted molar refractivity (Wildman–Crippen MR) is 58.8 cm³/mol. The molecule has 1 aromatic rings. The normalized spacial score (nSPS) is 10.8. The van der Waals surface area contributed by atoms with Crippen molar-refractivity contribution < 1.29 is 9.50 Å². The van der Waals surface area contributed by atoms with Crippen molar-refractivity contribution in [3.63, 3.8) is 0 Å². The number of hydrogen-bond acceptors (Lipinski definition) is 3. The zero-order valence-corrected chi connectivity index (χ0v) is 9.50. The van der Waals surface area contributed by atoms with Crippen LogP contribution >= 0.6 is 11.6 Å². The molecule has 1 N–H and O–H groups in total. The van der Waals surface area contributed by atoms with Gasteiger partial charge < -0.3 is 10.0 Å². The van der Waals surface area contributed by atoms with Crippen LogP contribution < -0.4 is 4.90 Å². The molecule has 0 fully saturated rings. The van der Waals surface area contributed by atoms with Crippen molar-refractivity contribution in [2.75, 3.05) is 18.1 Å². The minimum Gasteiger partial charge on any atom is -0.395 e. The first-order valence-electron chi connectivity index (χ1n) is 4.74. The second-order valence-corrected chi connectivity index (χ2v) is 3.91. The van der Waals surface area contributed by atoms with Gasteiger partial charge in [0.1, 0.15) is 0 Å². The summed E-state index contributed by atoms with van der Waals surface area (Å²) < 4.78 is 13.5. The van der Waals surface area contributed by atoms with E-state index in [-0.39, 0.29) is 23.5 Å². The number of rotatable bonds is 4. The molecule has 1 aromatic heterocycles. The molecule has 1 heterocycles. The van der Waals surface area contributed by atoms with Crippen LogP contribution in [0, 0.1) is 5.82 Å². The lowest BCUT2D eigenvalue weighted by atomic mass is 10.3. The van der Waals surface area contributed by atoms with Crippen LogP contribution in [0.25, 0.3) is 0 Å². The van der Waals surface area contributed by atoms with E-state index in [0.717, 1.165) is 0 Å². The summed E-state index contributed by atoms with van der Waals surface area (Å²) in [5.74, 6) is -0.242. The first-order valence-corrected chi connectivity index (χ1v) is 5.12. The van der Waals surface area contributed by atoms with Crippen molar-refractivity contribution in [1.29, 1.82) is 0 Å². The largest absolute Gasteiger partial charge is 0.395 e. The Morgan fingerprint density at radius 1 is 1.60 bits per heavy atom. The van der Waals surface area contributed by atoms with Crippen LogP contribution in [-0.2, 0) is 0 Å². The molecule has 0 saturated carbocycles. The molecule has 0 radical (unpaired) electrons. The minimum absolute atomic E-state index is 0.0398. The Bertz CT molecular complexity index is 333. The Hall–Kier alpha value is -0.870. The Morgan fingerprint density at radius 3 is 2.73 bits per heavy atom. The lowest BCUT2D eigenvalue weighted by molar-refractivity contribution is 0.298. The van der Waals surface area contributed by atoms with Crippen LogP contribution in [-0.4, -0.2) is 29.3 Å². The number of aliphatic hydroxyl groups is 1. The van der Waals surface area contributed by atoms with E-state index >= 15 is 0 Å². The molecule has 0 aromatic carbocycles. The van der Waals surface area contributed by atoms with Crippen molar-refractivity contribution in [3.05, 3.63) is 23.1 Å². The number of anilines is 1. The second-order valence-electron chi connectivity index (χ2n) is 3.47. The first kappa shape index (κ1) is 12.2. The lowest BCUT2D eigenvalue weighted by Crippen LogP contribution is -2.34. The maximum Gasteiger partial charge on any atom is 0.167 e. The molecular formula is C10H14ClFN2O. The first-order chi connectivity index (χ1) is 7.06. The average Bonchev–Trinajstić information content (AvgIpc) is 2.15. The molecule has 0 bridgehead atoms. The fraction of sp³-hybridized carbons (Fsp3) is 0.500. The van der Waals surface area contributed by atoms with Gasteiger partial charge in [0.25, 0.3) is 0 Å². The van der Waals surface area contributed by atoms with E-state index in [1.807, 2.05) is 13.8 Å². The third kappa shape index (κ3) is 3.04. The molecule has 0 aliphatic rings. The highest BCUT2D eigenvalue weighted by Crippen LogP contribution is 2.20. The van der Waals surface area contributed by atoms with Gasteiger partial charge in [-0.2, -0.15) is 0 Å². The Kier molecular flexibility index (Phi) is 4.29. The third-order valence-corrected chi connectivity index (χ3v) is 2.23. The summed E-state index contributed by atoms with van der Waals surface area (Å²) in [5.41, 5.74) is 0. The molecule has 0 unspecified atom stereocenters. The average molecular weight is 233 g/mol. The molecule has 0 aliphatic heterocycles. The molecule has 15 heavy (non-hydrogen) atoms. The van der Waals surface area contributed by atoms with E-state index in [0.29, 0.717) is 6.54 Å². The fourth-order valence-corrected chi connectivity index (χ4v) is 1.48. The zero-order chi connectivity index (χ0) is 11.4. The summed E-state index contributed by atoms with van der Waals surface area (Å²) in [6.07, 6.45) is 1.40. The molecule has 0 spiro atoms. The number of hydrogen-bond donors (Lipinski definition) is 1. The smallest absolute Gasteiger partial charge is 0.167 e. The maximum absolute atomic E-state index is 13.5. The van der Waals surface area contributed by atoms with Crippen molar-refractivity contribution in [3.8, 4) is 0 Å². The van der Waals surface area contributed by atoms with Crippen molar-refractivity contribution >= 4 is 17.4 Å². The maximum atomic E-state index is 13.5. The van der Waals surface area contributed by atoms with Crippen molar-refractivity contribution in [1.82, 2.24) is 4.98 Å². The quantitative estimate of drug-likeness (QED) is 0.864. The van der Waals surface area contributed by atoms with Crippen LogP contribution in [0.15, 0.2) is 12.3 Å². The summed E-state index contributed by atoms with van der Waals surface area (Å²) >= 11 is 5.61. The van der Waals surface area contributed by atoms with E-state index in [1.54, 1.807) is 4.90 Å². The highest BCUT2D eigenvalue weighted by Gasteiger charge is 2.15. The molecule has 3 nitrogen and oxygen atoms in total. The van der Waals surface area contributed by atoms with Crippen LogP contribution in [0.2, 0.25) is 5.02 Å². The van der Waals surface area contributed by atoms with Crippen LogP contribution in [0.4, 0.5) is 10.2 Å². The highest BCUT2D eigenvalue weighted by molar-refractivity contribution is 6.30. The van der Waals surface area contributed by atoms with E-state index < -0.39 is 5.82 Å². The number of nitrogens with zero attached hydrogens (tertiary/aromatic N) is 2. The molecule has 0 aliphatic carbocycles. The molecular weight excluding hydrogens is 219 g/mol. The summed E-state index contributed by atoms with van der Waals surface area (Å²) in [6.45, 7) is 4.13. The third-order valence-electron chi connectivity index (χ3n) is 2.02. The van der Waals surface area contributed by atoms with Gasteiger partial charge in [0.05, 0.1) is 11.6 Å². The van der Waals surface area contributed by atoms with Gasteiger partial charge in [-0.05, 0) is 19.9 Å². The van der Waals surface area contributed by atoms with Crippen LogP contribution in [0.3, 0.4) is 0 Å². The fourth-order valence-electron chi connectivity index (χ4n) is 1.34. The van der Waals surface area contributed by atoms with Crippen molar-refractivity contribution in [2.45, 2.75) is 19.9 Å². The summed E-state index contributed by atoms with van der Waals surface area (Å²) in [6, 6.07) is 1.29. The van der Waals surface area contributed by atoms with E-state index in [9.17, 15) is 4.39 Å². The van der Waals surface area contributed by atoms with Gasteiger partial charge in [0, 0.05) is 18.8 Å². The van der Waals surface area contributed by atoms with Gasteiger partial charge in [-0.1, -0.05) is 11.6 Å². The Balaban J connectivity index is 3.00. The van der Waals surface area contributed by atoms with E-state index in [1.165, 1.54) is 12.3 Å². The monoisotopic (exact) mass is 232 g/mol. The standard InChI is InChI=1S/C10H14ClFN2O/c1-7(2)14(3-4-15)10-9(12)5-8(11)6-13-10/h5-7,15H,3-4H2,1-2H3. The van der Waals surface area contributed by atoms with Crippen molar-refractivity contribution in [2.24, 2.45) is 0 Å². The number of aliphatic hydroxyl groups excluding tert-OH is 1. The Labute approximate surface area is 93.5 Å². The van der Waals surface area contributed by atoms with Gasteiger partial charge in [0.15, 0.2) is 11.6 Å². The molecule has 84 valence electrons. The van der Waals surface area contributed by atoms with Crippen LogP contribution in [0.5, 0.6) is 0 Å². The van der Waals surface area contributed by atoms with E-state index in [4.69, 9.17) is 16.7 Å². The van der Waals surface area contributed by atoms with Gasteiger partial charge in [-0.25, -0.2) is 9.37 Å². The number of halogens is 2. The molecule has 0 saturated heterocycles. The number of aromatic nitrogens is 1. The highest BCUT2D eigenvalue weighted by atomic mass is 35.5. The molecule has 5 heteroatoms. The molecule has 0 amide bonds. The molecule has 0 atom stereocenters.